The molecule has 156 valence electrons. The molecule has 1 aromatic carbocycles. The quantitative estimate of drug-likeness (QED) is 0.846. The Kier molecular flexibility index (Phi) is 4.60. The van der Waals surface area contributed by atoms with Crippen molar-refractivity contribution in [3.8, 4) is 0 Å². The second-order valence-electron chi connectivity index (χ2n) is 9.93. The van der Waals surface area contributed by atoms with E-state index in [1.807, 2.05) is 4.90 Å². The molecule has 5 heteroatoms. The maximum Gasteiger partial charge on any atom is 0.407 e. The Morgan fingerprint density at radius 2 is 1.66 bits per heavy atom. The van der Waals surface area contributed by atoms with Crippen LogP contribution in [0.4, 0.5) is 4.79 Å². The van der Waals surface area contributed by atoms with Gasteiger partial charge in [0.15, 0.2) is 0 Å². The molecule has 0 aromatic heterocycles. The summed E-state index contributed by atoms with van der Waals surface area (Å²) in [5.41, 5.74) is 1.37. The summed E-state index contributed by atoms with van der Waals surface area (Å²) in [6, 6.07) is 10.9. The molecule has 4 saturated carbocycles. The molecule has 0 unspecified atom stereocenters. The Labute approximate surface area is 173 Å². The van der Waals surface area contributed by atoms with Crippen molar-refractivity contribution in [3.05, 3.63) is 35.9 Å². The van der Waals surface area contributed by atoms with Gasteiger partial charge in [-0.05, 0) is 60.8 Å². The van der Waals surface area contributed by atoms with E-state index in [9.17, 15) is 9.59 Å². The summed E-state index contributed by atoms with van der Waals surface area (Å²) >= 11 is 0. The van der Waals surface area contributed by atoms with Gasteiger partial charge in [-0.15, -0.1) is 0 Å². The van der Waals surface area contributed by atoms with Crippen LogP contribution in [0.25, 0.3) is 0 Å². The maximum atomic E-state index is 13.3. The Morgan fingerprint density at radius 3 is 2.21 bits per heavy atom. The van der Waals surface area contributed by atoms with Crippen LogP contribution in [0.15, 0.2) is 30.3 Å². The Hall–Kier alpha value is -2.04. The lowest BCUT2D eigenvalue weighted by Gasteiger charge is -2.64. The SMILES string of the molecule is COC(=O)NC1CN(C(=O)CC2(c3ccccc3)C3CC4CC2CC(C3)C4C)C1. The summed E-state index contributed by atoms with van der Waals surface area (Å²) in [6.07, 6.45) is 5.32. The molecular weight excluding hydrogens is 364 g/mol. The van der Waals surface area contributed by atoms with Crippen LogP contribution in [-0.4, -0.2) is 43.1 Å². The number of likely N-dealkylation sites (tertiary alicyclic amines) is 1. The normalized spacial score (nSPS) is 37.9. The van der Waals surface area contributed by atoms with Crippen molar-refractivity contribution in [2.75, 3.05) is 20.2 Å². The van der Waals surface area contributed by atoms with Gasteiger partial charge in [0.25, 0.3) is 0 Å². The number of benzene rings is 1. The third-order valence-corrected chi connectivity index (χ3v) is 8.79. The van der Waals surface area contributed by atoms with Gasteiger partial charge in [0.05, 0.1) is 13.2 Å². The fourth-order valence-electron chi connectivity index (χ4n) is 7.24. The number of methoxy groups -OCH3 is 1. The number of hydrogen-bond acceptors (Lipinski definition) is 3. The first-order chi connectivity index (χ1) is 14.0. The summed E-state index contributed by atoms with van der Waals surface area (Å²) < 4.78 is 4.67. The average Bonchev–Trinajstić information content (AvgIpc) is 2.69. The molecule has 1 aliphatic heterocycles. The molecule has 2 amide bonds. The van der Waals surface area contributed by atoms with Crippen molar-refractivity contribution in [2.24, 2.45) is 29.6 Å². The van der Waals surface area contributed by atoms with Crippen molar-refractivity contribution in [1.82, 2.24) is 10.2 Å². The molecule has 5 fully saturated rings. The van der Waals surface area contributed by atoms with Crippen LogP contribution in [0.2, 0.25) is 0 Å². The lowest BCUT2D eigenvalue weighted by molar-refractivity contribution is -0.146. The molecule has 29 heavy (non-hydrogen) atoms. The highest BCUT2D eigenvalue weighted by Crippen LogP contribution is 2.65. The zero-order valence-electron chi connectivity index (χ0n) is 17.5. The van der Waals surface area contributed by atoms with E-state index in [4.69, 9.17) is 0 Å². The van der Waals surface area contributed by atoms with Crippen LogP contribution >= 0.6 is 0 Å². The minimum Gasteiger partial charge on any atom is -0.453 e. The van der Waals surface area contributed by atoms with Gasteiger partial charge in [-0.3, -0.25) is 4.79 Å². The van der Waals surface area contributed by atoms with E-state index in [1.54, 1.807) is 0 Å². The van der Waals surface area contributed by atoms with E-state index in [0.29, 0.717) is 31.3 Å². The highest BCUT2D eigenvalue weighted by atomic mass is 16.5. The van der Waals surface area contributed by atoms with E-state index < -0.39 is 6.09 Å². The van der Waals surface area contributed by atoms with E-state index in [-0.39, 0.29) is 17.4 Å². The highest BCUT2D eigenvalue weighted by Gasteiger charge is 2.60. The van der Waals surface area contributed by atoms with Gasteiger partial charge in [0, 0.05) is 24.9 Å². The second-order valence-corrected chi connectivity index (χ2v) is 9.93. The first-order valence-electron chi connectivity index (χ1n) is 11.2. The molecule has 1 heterocycles. The number of rotatable bonds is 4. The van der Waals surface area contributed by atoms with E-state index in [0.717, 1.165) is 17.8 Å². The third kappa shape index (κ3) is 2.96. The summed E-state index contributed by atoms with van der Waals surface area (Å²) in [6.45, 7) is 3.64. The predicted molar refractivity (Wildman–Crippen MR) is 110 cm³/mol. The number of carbonyl (C=O) groups is 2. The van der Waals surface area contributed by atoms with Crippen LogP contribution < -0.4 is 5.32 Å². The molecule has 1 saturated heterocycles. The van der Waals surface area contributed by atoms with Crippen LogP contribution in [0.3, 0.4) is 0 Å². The van der Waals surface area contributed by atoms with Crippen molar-refractivity contribution in [2.45, 2.75) is 50.5 Å². The Morgan fingerprint density at radius 1 is 1.07 bits per heavy atom. The second kappa shape index (κ2) is 7.03. The number of carbonyl (C=O) groups excluding carboxylic acids is 2. The van der Waals surface area contributed by atoms with Crippen molar-refractivity contribution in [1.29, 1.82) is 0 Å². The average molecular weight is 397 g/mol. The highest BCUT2D eigenvalue weighted by molar-refractivity contribution is 5.79. The van der Waals surface area contributed by atoms with Gasteiger partial charge in [0.2, 0.25) is 5.91 Å². The molecular formula is C24H32N2O3. The first-order valence-corrected chi connectivity index (χ1v) is 11.2. The number of amides is 2. The fraction of sp³-hybridized carbons (Fsp3) is 0.667. The smallest absolute Gasteiger partial charge is 0.407 e. The van der Waals surface area contributed by atoms with E-state index >= 15 is 0 Å². The molecule has 0 radical (unpaired) electrons. The lowest BCUT2D eigenvalue weighted by Crippen LogP contribution is -2.63. The van der Waals surface area contributed by atoms with E-state index in [1.165, 1.54) is 38.4 Å². The molecule has 4 bridgehead atoms. The summed E-state index contributed by atoms with van der Waals surface area (Å²) in [7, 11) is 1.37. The Balaban J connectivity index is 1.37. The molecule has 1 N–H and O–H groups in total. The molecule has 0 atom stereocenters. The number of nitrogens with zero attached hydrogens (tertiary/aromatic N) is 1. The monoisotopic (exact) mass is 396 g/mol. The van der Waals surface area contributed by atoms with Gasteiger partial charge in [-0.1, -0.05) is 37.3 Å². The zero-order chi connectivity index (χ0) is 20.2. The maximum absolute atomic E-state index is 13.3. The third-order valence-electron chi connectivity index (χ3n) is 8.79. The Bertz CT molecular complexity index is 757. The largest absolute Gasteiger partial charge is 0.453 e. The molecule has 6 rings (SSSR count). The van der Waals surface area contributed by atoms with Crippen molar-refractivity contribution < 1.29 is 14.3 Å². The molecule has 0 spiro atoms. The molecule has 4 aliphatic carbocycles. The van der Waals surface area contributed by atoms with Crippen LogP contribution in [0.5, 0.6) is 0 Å². The number of hydrogen-bond donors (Lipinski definition) is 1. The molecule has 5 nitrogen and oxygen atoms in total. The zero-order valence-corrected chi connectivity index (χ0v) is 17.5. The van der Waals surface area contributed by atoms with Gasteiger partial charge >= 0.3 is 6.09 Å². The molecule has 5 aliphatic rings. The first kappa shape index (κ1) is 19.0. The van der Waals surface area contributed by atoms with Gasteiger partial charge in [0.1, 0.15) is 0 Å². The summed E-state index contributed by atoms with van der Waals surface area (Å²) in [5.74, 6) is 4.05. The minimum atomic E-state index is -0.419. The fourth-order valence-corrected chi connectivity index (χ4v) is 7.24. The summed E-state index contributed by atoms with van der Waals surface area (Å²) in [5, 5.41) is 2.80. The van der Waals surface area contributed by atoms with Gasteiger partial charge in [-0.2, -0.15) is 0 Å². The number of ether oxygens (including phenoxy) is 1. The van der Waals surface area contributed by atoms with Crippen LogP contribution in [-0.2, 0) is 14.9 Å². The lowest BCUT2D eigenvalue weighted by atomic mass is 9.41. The molecule has 1 aromatic rings. The van der Waals surface area contributed by atoms with Gasteiger partial charge < -0.3 is 15.0 Å². The number of nitrogens with one attached hydrogen (secondary N) is 1. The standard InChI is InChI=1S/C24H32N2O3/c1-15-16-8-19-10-17(15)11-20(9-16)24(19,18-6-4-3-5-7-18)12-22(27)26-13-21(14-26)25-23(28)29-2/h3-7,15-17,19-21H,8-14H2,1-2H3,(H,25,28). The summed E-state index contributed by atoms with van der Waals surface area (Å²) in [4.78, 5) is 26.7. The van der Waals surface area contributed by atoms with Crippen LogP contribution in [0, 0.1) is 29.6 Å². The van der Waals surface area contributed by atoms with E-state index in [2.05, 4.69) is 47.3 Å². The van der Waals surface area contributed by atoms with Crippen LogP contribution in [0.1, 0.15) is 44.6 Å². The van der Waals surface area contributed by atoms with Gasteiger partial charge in [-0.25, -0.2) is 4.79 Å². The topological polar surface area (TPSA) is 58.6 Å². The van der Waals surface area contributed by atoms with Crippen molar-refractivity contribution in [3.63, 3.8) is 0 Å². The van der Waals surface area contributed by atoms with Crippen molar-refractivity contribution >= 4 is 12.0 Å². The minimum absolute atomic E-state index is 0.00759. The number of alkyl carbamates (subject to hydrolysis) is 1. The predicted octanol–water partition coefficient (Wildman–Crippen LogP) is 3.58.